The lowest BCUT2D eigenvalue weighted by molar-refractivity contribution is 0.386. The molecule has 0 aliphatic rings. The fraction of sp³-hybridized carbons (Fsp3) is 0.368. The van der Waals surface area contributed by atoms with Crippen molar-refractivity contribution in [3.63, 3.8) is 0 Å². The molecule has 0 saturated heterocycles. The van der Waals surface area contributed by atoms with Crippen LogP contribution >= 0.6 is 0 Å². The zero-order valence-corrected chi connectivity index (χ0v) is 15.8. The van der Waals surface area contributed by atoms with Gasteiger partial charge >= 0.3 is 0 Å². The van der Waals surface area contributed by atoms with E-state index < -0.39 is 8.32 Å². The van der Waals surface area contributed by atoms with Gasteiger partial charge in [-0.25, -0.2) is 0 Å². The lowest BCUT2D eigenvalue weighted by atomic mass is 10.2. The van der Waals surface area contributed by atoms with E-state index in [2.05, 4.69) is 45.0 Å². The third kappa shape index (κ3) is 3.14. The molecule has 0 aromatic heterocycles. The first-order chi connectivity index (χ1) is 10.9. The lowest BCUT2D eigenvalue weighted by Crippen LogP contribution is -2.66. The van der Waals surface area contributed by atoms with Crippen molar-refractivity contribution in [3.05, 3.63) is 48.5 Å². The lowest BCUT2D eigenvalue weighted by Gasteiger charge is -2.42. The Kier molecular flexibility index (Phi) is 5.17. The summed E-state index contributed by atoms with van der Waals surface area (Å²) >= 11 is 0. The minimum absolute atomic E-state index is 0.00900. The highest BCUT2D eigenvalue weighted by atomic mass is 28.4. The van der Waals surface area contributed by atoms with E-state index >= 15 is 0 Å². The number of hydrogen-bond acceptors (Lipinski definition) is 3. The number of rotatable bonds is 5. The van der Waals surface area contributed by atoms with E-state index in [0.717, 1.165) is 11.5 Å². The molecule has 0 amide bonds. The molecule has 0 radical (unpaired) electrons. The molecule has 0 saturated carbocycles. The first-order valence-electron chi connectivity index (χ1n) is 7.73. The topological polar surface area (TPSA) is 27.7 Å². The van der Waals surface area contributed by atoms with Crippen molar-refractivity contribution in [1.82, 2.24) is 0 Å². The fourth-order valence-corrected chi connectivity index (χ4v) is 7.65. The Bertz CT molecular complexity index is 580. The van der Waals surface area contributed by atoms with E-state index in [-0.39, 0.29) is 5.04 Å². The van der Waals surface area contributed by atoms with Crippen molar-refractivity contribution in [3.8, 4) is 11.5 Å². The minimum atomic E-state index is -2.41. The van der Waals surface area contributed by atoms with Crippen LogP contribution in [0.2, 0.25) is 5.04 Å². The Morgan fingerprint density at radius 2 is 1.00 bits per heavy atom. The van der Waals surface area contributed by atoms with Crippen LogP contribution in [0, 0.1) is 0 Å². The summed E-state index contributed by atoms with van der Waals surface area (Å²) in [4.78, 5) is 0. The third-order valence-electron chi connectivity index (χ3n) is 4.36. The van der Waals surface area contributed by atoms with E-state index in [1.54, 1.807) is 14.2 Å². The molecule has 2 aromatic rings. The molecule has 2 aromatic carbocycles. The average molecular weight is 331 g/mol. The molecule has 0 fully saturated rings. The SMILES string of the molecule is COc1ccc([Si](OC)(c2ccc(OC)cc2)C(C)(C)C)cc1. The molecule has 23 heavy (non-hydrogen) atoms. The molecular weight excluding hydrogens is 304 g/mol. The zero-order valence-electron chi connectivity index (χ0n) is 14.8. The summed E-state index contributed by atoms with van der Waals surface area (Å²) in [5, 5.41) is 2.46. The Morgan fingerprint density at radius 1 is 0.652 bits per heavy atom. The highest BCUT2D eigenvalue weighted by Crippen LogP contribution is 2.36. The predicted molar refractivity (Wildman–Crippen MR) is 97.7 cm³/mol. The Hall–Kier alpha value is -1.78. The van der Waals surface area contributed by atoms with E-state index in [4.69, 9.17) is 13.9 Å². The van der Waals surface area contributed by atoms with Gasteiger partial charge in [0.2, 0.25) is 0 Å². The highest BCUT2D eigenvalue weighted by molar-refractivity contribution is 6.99. The summed E-state index contributed by atoms with van der Waals surface area (Å²) < 4.78 is 16.9. The van der Waals surface area contributed by atoms with Crippen molar-refractivity contribution in [2.45, 2.75) is 25.8 Å². The Labute approximate surface area is 140 Å². The van der Waals surface area contributed by atoms with Crippen molar-refractivity contribution < 1.29 is 13.9 Å². The molecule has 0 aliphatic carbocycles. The van der Waals surface area contributed by atoms with Crippen LogP contribution in [0.15, 0.2) is 48.5 Å². The van der Waals surface area contributed by atoms with Crippen molar-refractivity contribution in [2.75, 3.05) is 21.3 Å². The molecule has 2 rings (SSSR count). The smallest absolute Gasteiger partial charge is 0.260 e. The molecule has 0 atom stereocenters. The summed E-state index contributed by atoms with van der Waals surface area (Å²) in [6.45, 7) is 6.74. The van der Waals surface area contributed by atoms with Gasteiger partial charge in [0.1, 0.15) is 11.5 Å². The van der Waals surface area contributed by atoms with Crippen molar-refractivity contribution >= 4 is 18.7 Å². The molecule has 0 bridgehead atoms. The first-order valence-corrected chi connectivity index (χ1v) is 9.64. The van der Waals surface area contributed by atoms with Crippen LogP contribution in [0.3, 0.4) is 0 Å². The van der Waals surface area contributed by atoms with E-state index in [1.807, 2.05) is 31.4 Å². The van der Waals surface area contributed by atoms with E-state index in [9.17, 15) is 0 Å². The van der Waals surface area contributed by atoms with Crippen molar-refractivity contribution in [1.29, 1.82) is 0 Å². The van der Waals surface area contributed by atoms with Gasteiger partial charge in [-0.3, -0.25) is 0 Å². The summed E-state index contributed by atoms with van der Waals surface area (Å²) in [6.07, 6.45) is 0. The monoisotopic (exact) mass is 330 g/mol. The van der Waals surface area contributed by atoms with Gasteiger partial charge in [0.15, 0.2) is 0 Å². The molecular formula is C19H26O3Si. The van der Waals surface area contributed by atoms with Crippen LogP contribution in [0.4, 0.5) is 0 Å². The number of hydrogen-bond donors (Lipinski definition) is 0. The quantitative estimate of drug-likeness (QED) is 0.788. The number of ether oxygens (including phenoxy) is 2. The summed E-state index contributed by atoms with van der Waals surface area (Å²) in [7, 11) is 2.79. The van der Waals surface area contributed by atoms with Gasteiger partial charge in [-0.15, -0.1) is 0 Å². The molecule has 3 nitrogen and oxygen atoms in total. The third-order valence-corrected chi connectivity index (χ3v) is 9.37. The summed E-state index contributed by atoms with van der Waals surface area (Å²) in [5.41, 5.74) is 0. The van der Waals surface area contributed by atoms with Gasteiger partial charge in [0.25, 0.3) is 8.32 Å². The zero-order chi connectivity index (χ0) is 17.1. The fourth-order valence-electron chi connectivity index (χ4n) is 3.23. The summed E-state index contributed by atoms with van der Waals surface area (Å²) in [6, 6.07) is 16.5. The number of methoxy groups -OCH3 is 2. The predicted octanol–water partition coefficient (Wildman–Crippen LogP) is 3.21. The maximum Gasteiger partial charge on any atom is 0.260 e. The van der Waals surface area contributed by atoms with Crippen LogP contribution in [0.1, 0.15) is 20.8 Å². The molecule has 0 heterocycles. The largest absolute Gasteiger partial charge is 0.497 e. The molecule has 0 N–H and O–H groups in total. The van der Waals surface area contributed by atoms with E-state index in [0.29, 0.717) is 0 Å². The van der Waals surface area contributed by atoms with Crippen LogP contribution in [0.5, 0.6) is 11.5 Å². The van der Waals surface area contributed by atoms with Crippen molar-refractivity contribution in [2.24, 2.45) is 0 Å². The van der Waals surface area contributed by atoms with Gasteiger partial charge in [-0.2, -0.15) is 0 Å². The molecule has 0 spiro atoms. The van der Waals surface area contributed by atoms with Crippen LogP contribution in [0.25, 0.3) is 0 Å². The molecule has 0 unspecified atom stereocenters. The Morgan fingerprint density at radius 3 is 1.22 bits per heavy atom. The average Bonchev–Trinajstić information content (AvgIpc) is 2.56. The van der Waals surface area contributed by atoms with Crippen LogP contribution < -0.4 is 19.8 Å². The second-order valence-electron chi connectivity index (χ2n) is 6.59. The normalized spacial score (nSPS) is 12.1. The molecule has 0 aliphatic heterocycles. The minimum Gasteiger partial charge on any atom is -0.497 e. The van der Waals surface area contributed by atoms with E-state index in [1.165, 1.54) is 10.4 Å². The van der Waals surface area contributed by atoms with Gasteiger partial charge in [-0.1, -0.05) is 45.0 Å². The maximum atomic E-state index is 6.28. The van der Waals surface area contributed by atoms with Gasteiger partial charge in [-0.05, 0) is 39.7 Å². The standard InChI is InChI=1S/C19H26O3Si/c1-19(2,3)23(22-6,17-11-7-15(20-4)8-12-17)18-13-9-16(21-5)10-14-18/h7-14H,1-6H3. The first kappa shape index (κ1) is 17.6. The maximum absolute atomic E-state index is 6.28. The second kappa shape index (κ2) is 6.77. The highest BCUT2D eigenvalue weighted by Gasteiger charge is 2.49. The van der Waals surface area contributed by atoms with Crippen LogP contribution in [-0.4, -0.2) is 29.6 Å². The molecule has 4 heteroatoms. The van der Waals surface area contributed by atoms with Crippen LogP contribution in [-0.2, 0) is 4.43 Å². The van der Waals surface area contributed by atoms with Gasteiger partial charge in [0.05, 0.1) is 14.2 Å². The second-order valence-corrected chi connectivity index (χ2v) is 11.0. The van der Waals surface area contributed by atoms with Gasteiger partial charge in [0, 0.05) is 7.11 Å². The molecule has 124 valence electrons. The Balaban J connectivity index is 2.63. The van der Waals surface area contributed by atoms with Gasteiger partial charge < -0.3 is 13.9 Å². The summed E-state index contributed by atoms with van der Waals surface area (Å²) in [5.74, 6) is 1.72. The number of benzene rings is 2.